The van der Waals surface area contributed by atoms with Gasteiger partial charge in [0.1, 0.15) is 23.8 Å². The average Bonchev–Trinajstić information content (AvgIpc) is 3.65. The van der Waals surface area contributed by atoms with E-state index in [1.54, 1.807) is 4.90 Å². The molecule has 13 nitrogen and oxygen atoms in total. The molecule has 6 atom stereocenters. The third kappa shape index (κ3) is 8.83. The summed E-state index contributed by atoms with van der Waals surface area (Å²) >= 11 is 0. The number of hydrogen-bond donors (Lipinski definition) is 4. The molecule has 1 aromatic rings. The van der Waals surface area contributed by atoms with Crippen molar-refractivity contribution in [1.29, 1.82) is 0 Å². The van der Waals surface area contributed by atoms with E-state index in [1.807, 2.05) is 27.7 Å². The number of amides is 5. The van der Waals surface area contributed by atoms with Crippen molar-refractivity contribution in [1.82, 2.24) is 36.1 Å². The first-order chi connectivity index (χ1) is 23.4. The maximum absolute atomic E-state index is 14.6. The average molecular weight is 680 g/mol. The lowest BCUT2D eigenvalue weighted by Gasteiger charge is -2.38. The maximum atomic E-state index is 14.6. The Hall–Kier alpha value is -3.90. The number of fused-ring (bicyclic) bond motifs is 1. The van der Waals surface area contributed by atoms with Crippen molar-refractivity contribution in [3.05, 3.63) is 24.3 Å². The number of nitrogens with one attached hydrogen (secondary N) is 4. The highest BCUT2D eigenvalue weighted by Crippen LogP contribution is 2.43. The fourth-order valence-electron chi connectivity index (χ4n) is 7.87. The normalized spacial score (nSPS) is 24.2. The van der Waals surface area contributed by atoms with Crippen LogP contribution in [0, 0.1) is 23.2 Å². The number of carbonyl (C=O) groups excluding carboxylic acids is 6. The van der Waals surface area contributed by atoms with E-state index in [-0.39, 0.29) is 35.4 Å². The van der Waals surface area contributed by atoms with Crippen molar-refractivity contribution in [2.24, 2.45) is 23.2 Å². The van der Waals surface area contributed by atoms with E-state index in [9.17, 15) is 28.8 Å². The molecule has 1 saturated heterocycles. The fourth-order valence-corrected chi connectivity index (χ4v) is 7.87. The molecule has 0 unspecified atom stereocenters. The lowest BCUT2D eigenvalue weighted by Crippen LogP contribution is -2.62. The number of Topliss-reactive ketones (excluding diaryl/α,β-unsaturated/α-hetero) is 1. The lowest BCUT2D eigenvalue weighted by atomic mass is 9.82. The van der Waals surface area contributed by atoms with Gasteiger partial charge in [0, 0.05) is 25.0 Å². The number of hydrogen-bond acceptors (Lipinski definition) is 8. The first kappa shape index (κ1) is 36.4. The summed E-state index contributed by atoms with van der Waals surface area (Å²) in [5, 5.41) is 11.5. The molecule has 268 valence electrons. The van der Waals surface area contributed by atoms with Gasteiger partial charge in [0.25, 0.3) is 11.8 Å². The SMILES string of the molecule is CCC[C@H](NC(=O)[C@H]1[C@H]2CCC[C@@H]2CN1C(=O)[C@@H](NC(=O)[C@@H](NC(=O)c1cnccn1)C1CCCCC1)C(C)(C)C)C(=O)C(=O)NC1CC1. The zero-order valence-corrected chi connectivity index (χ0v) is 29.3. The van der Waals surface area contributed by atoms with Crippen LogP contribution in [0.15, 0.2) is 18.6 Å². The zero-order valence-electron chi connectivity index (χ0n) is 29.3. The third-order valence-electron chi connectivity index (χ3n) is 10.7. The van der Waals surface area contributed by atoms with Crippen LogP contribution in [-0.4, -0.2) is 86.9 Å². The molecular weight excluding hydrogens is 626 g/mol. The zero-order chi connectivity index (χ0) is 35.3. The third-order valence-corrected chi connectivity index (χ3v) is 10.7. The minimum Gasteiger partial charge on any atom is -0.347 e. The van der Waals surface area contributed by atoms with Crippen LogP contribution in [-0.2, 0) is 24.0 Å². The number of aromatic nitrogens is 2. The van der Waals surface area contributed by atoms with Gasteiger partial charge >= 0.3 is 0 Å². The molecule has 5 rings (SSSR count). The van der Waals surface area contributed by atoms with Crippen molar-refractivity contribution < 1.29 is 28.8 Å². The van der Waals surface area contributed by atoms with Crippen LogP contribution in [0.4, 0.5) is 0 Å². The van der Waals surface area contributed by atoms with Crippen LogP contribution in [0.3, 0.4) is 0 Å². The molecule has 0 radical (unpaired) electrons. The maximum Gasteiger partial charge on any atom is 0.289 e. The number of nitrogens with zero attached hydrogens (tertiary/aromatic N) is 3. The Morgan fingerprint density at radius 1 is 0.898 bits per heavy atom. The Morgan fingerprint density at radius 2 is 1.63 bits per heavy atom. The largest absolute Gasteiger partial charge is 0.347 e. The first-order valence-electron chi connectivity index (χ1n) is 18.2. The number of rotatable bonds is 13. The Bertz CT molecular complexity index is 1390. The monoisotopic (exact) mass is 679 g/mol. The fraction of sp³-hybridized carbons (Fsp3) is 0.722. The van der Waals surface area contributed by atoms with Gasteiger partial charge in [-0.05, 0) is 68.1 Å². The summed E-state index contributed by atoms with van der Waals surface area (Å²) in [5.41, 5.74) is -0.638. The minimum atomic E-state index is -0.994. The molecule has 3 saturated carbocycles. The summed E-state index contributed by atoms with van der Waals surface area (Å²) in [6, 6.07) is -3.68. The van der Waals surface area contributed by atoms with Gasteiger partial charge in [-0.3, -0.25) is 33.8 Å². The Balaban J connectivity index is 1.36. The smallest absolute Gasteiger partial charge is 0.289 e. The van der Waals surface area contributed by atoms with Gasteiger partial charge in [-0.25, -0.2) is 4.98 Å². The standard InChI is InChI=1S/C36H53N7O6/c1-5-10-25(29(44)34(48)39-23-15-16-23)40-33(47)28-24-14-9-13-22(24)20-43(28)35(49)30(36(2,3)4)42-32(46)27(21-11-7-6-8-12-21)41-31(45)26-19-37-17-18-38-26/h17-19,21-25,27-28,30H,5-16,20H2,1-4H3,(H,39,48)(H,40,47)(H,41,45)(H,42,46)/t22-,24+,25+,27+,28-,30-/m1/s1. The van der Waals surface area contributed by atoms with Gasteiger partial charge in [-0.2, -0.15) is 0 Å². The molecular formula is C36H53N7O6. The molecule has 4 aliphatic rings. The lowest BCUT2D eigenvalue weighted by molar-refractivity contribution is -0.146. The van der Waals surface area contributed by atoms with Gasteiger partial charge in [0.05, 0.1) is 12.2 Å². The molecule has 5 amide bonds. The Morgan fingerprint density at radius 3 is 2.27 bits per heavy atom. The second-order valence-electron chi connectivity index (χ2n) is 15.5. The molecule has 2 heterocycles. The Kier molecular flexibility index (Phi) is 11.7. The molecule has 0 aromatic carbocycles. The highest BCUT2D eigenvalue weighted by molar-refractivity contribution is 6.38. The molecule has 4 N–H and O–H groups in total. The van der Waals surface area contributed by atoms with Crippen molar-refractivity contribution >= 4 is 35.3 Å². The molecule has 0 bridgehead atoms. The summed E-state index contributed by atoms with van der Waals surface area (Å²) in [4.78, 5) is 91.4. The van der Waals surface area contributed by atoms with Crippen molar-refractivity contribution in [2.75, 3.05) is 6.54 Å². The van der Waals surface area contributed by atoms with Crippen LogP contribution in [0.2, 0.25) is 0 Å². The van der Waals surface area contributed by atoms with Gasteiger partial charge in [-0.1, -0.05) is 59.8 Å². The predicted molar refractivity (Wildman–Crippen MR) is 181 cm³/mol. The van der Waals surface area contributed by atoms with E-state index in [0.29, 0.717) is 19.4 Å². The van der Waals surface area contributed by atoms with E-state index in [2.05, 4.69) is 31.2 Å². The van der Waals surface area contributed by atoms with E-state index in [1.165, 1.54) is 18.6 Å². The molecule has 1 aliphatic heterocycles. The van der Waals surface area contributed by atoms with Gasteiger partial charge < -0.3 is 26.2 Å². The highest BCUT2D eigenvalue weighted by Gasteiger charge is 2.52. The minimum absolute atomic E-state index is 0.0132. The topological polar surface area (TPSA) is 180 Å². The Labute approximate surface area is 288 Å². The molecule has 3 aliphatic carbocycles. The van der Waals surface area contributed by atoms with Gasteiger partial charge in [0.2, 0.25) is 23.5 Å². The number of carbonyl (C=O) groups is 6. The van der Waals surface area contributed by atoms with Gasteiger partial charge in [0.15, 0.2) is 0 Å². The second kappa shape index (κ2) is 15.8. The van der Waals surface area contributed by atoms with Gasteiger partial charge in [-0.15, -0.1) is 0 Å². The summed E-state index contributed by atoms with van der Waals surface area (Å²) in [7, 11) is 0. The molecule has 0 spiro atoms. The number of likely N-dealkylation sites (tertiary alicyclic amines) is 1. The van der Waals surface area contributed by atoms with Crippen LogP contribution in [0.5, 0.6) is 0 Å². The van der Waals surface area contributed by atoms with E-state index in [4.69, 9.17) is 0 Å². The predicted octanol–water partition coefficient (Wildman–Crippen LogP) is 2.45. The van der Waals surface area contributed by atoms with Crippen LogP contribution >= 0.6 is 0 Å². The first-order valence-corrected chi connectivity index (χ1v) is 18.2. The second-order valence-corrected chi connectivity index (χ2v) is 15.5. The molecule has 1 aromatic heterocycles. The quantitative estimate of drug-likeness (QED) is 0.230. The van der Waals surface area contributed by atoms with Crippen molar-refractivity contribution in [3.8, 4) is 0 Å². The van der Waals surface area contributed by atoms with E-state index in [0.717, 1.165) is 64.2 Å². The summed E-state index contributed by atoms with van der Waals surface area (Å²) in [5.74, 6) is -3.20. The molecule has 4 fully saturated rings. The van der Waals surface area contributed by atoms with Crippen molar-refractivity contribution in [2.45, 2.75) is 135 Å². The number of ketones is 1. The summed E-state index contributed by atoms with van der Waals surface area (Å²) in [6.07, 6.45) is 13.9. The molecule has 13 heteroatoms. The summed E-state index contributed by atoms with van der Waals surface area (Å²) in [6.45, 7) is 7.85. The summed E-state index contributed by atoms with van der Waals surface area (Å²) < 4.78 is 0. The molecule has 49 heavy (non-hydrogen) atoms. The van der Waals surface area contributed by atoms with E-state index < -0.39 is 59.0 Å². The van der Waals surface area contributed by atoms with Crippen LogP contribution in [0.25, 0.3) is 0 Å². The van der Waals surface area contributed by atoms with Crippen molar-refractivity contribution in [3.63, 3.8) is 0 Å². The van der Waals surface area contributed by atoms with E-state index >= 15 is 0 Å². The van der Waals surface area contributed by atoms with Crippen LogP contribution < -0.4 is 21.3 Å². The van der Waals surface area contributed by atoms with Crippen LogP contribution in [0.1, 0.15) is 115 Å². The highest BCUT2D eigenvalue weighted by atomic mass is 16.2.